The minimum atomic E-state index is 0.454. The van der Waals surface area contributed by atoms with Gasteiger partial charge in [0.1, 0.15) is 0 Å². The maximum Gasteiger partial charge on any atom is 0.321 e. The second-order valence-corrected chi connectivity index (χ2v) is 3.88. The maximum absolute atomic E-state index is 5.01. The van der Waals surface area contributed by atoms with Crippen LogP contribution in [0.4, 0.5) is 6.01 Å². The zero-order chi connectivity index (χ0) is 10.7. The minimum Gasteiger partial charge on any atom is -0.338 e. The van der Waals surface area contributed by atoms with Crippen molar-refractivity contribution in [2.45, 2.75) is 6.92 Å². The van der Waals surface area contributed by atoms with Crippen LogP contribution in [0, 0.1) is 0 Å². The Bertz CT molecular complexity index is 438. The van der Waals surface area contributed by atoms with Crippen molar-refractivity contribution in [3.8, 4) is 11.4 Å². The van der Waals surface area contributed by atoms with Gasteiger partial charge < -0.3 is 9.84 Å². The summed E-state index contributed by atoms with van der Waals surface area (Å²) in [6.45, 7) is 2.74. The van der Waals surface area contributed by atoms with E-state index in [0.29, 0.717) is 11.8 Å². The summed E-state index contributed by atoms with van der Waals surface area (Å²) in [6.07, 6.45) is 0. The lowest BCUT2D eigenvalue weighted by Crippen LogP contribution is -1.95. The van der Waals surface area contributed by atoms with Crippen LogP contribution in [-0.4, -0.2) is 16.7 Å². The lowest BCUT2D eigenvalue weighted by molar-refractivity contribution is 0.432. The molecule has 0 amide bonds. The third kappa shape index (κ3) is 2.36. The van der Waals surface area contributed by atoms with Crippen LogP contribution in [0.1, 0.15) is 6.92 Å². The van der Waals surface area contributed by atoms with Gasteiger partial charge in [-0.15, -0.1) is 0 Å². The van der Waals surface area contributed by atoms with Crippen molar-refractivity contribution < 1.29 is 4.52 Å². The van der Waals surface area contributed by atoms with E-state index < -0.39 is 0 Å². The fraction of sp³-hybridized carbons (Fsp3) is 0.200. The molecule has 1 aromatic heterocycles. The highest BCUT2D eigenvalue weighted by Gasteiger charge is 2.06. The number of anilines is 1. The lowest BCUT2D eigenvalue weighted by atomic mass is 10.2. The molecule has 15 heavy (non-hydrogen) atoms. The number of benzene rings is 1. The molecule has 0 fully saturated rings. The molecule has 0 aliphatic rings. The molecule has 1 heterocycles. The first kappa shape index (κ1) is 10.2. The van der Waals surface area contributed by atoms with E-state index in [1.54, 1.807) is 0 Å². The topological polar surface area (TPSA) is 51.0 Å². The van der Waals surface area contributed by atoms with Crippen molar-refractivity contribution in [1.82, 2.24) is 10.1 Å². The van der Waals surface area contributed by atoms with Gasteiger partial charge in [0.15, 0.2) is 0 Å². The van der Waals surface area contributed by atoms with E-state index in [2.05, 4.69) is 31.4 Å². The smallest absolute Gasteiger partial charge is 0.321 e. The quantitative estimate of drug-likeness (QED) is 0.929. The van der Waals surface area contributed by atoms with E-state index in [0.717, 1.165) is 16.6 Å². The molecule has 0 bridgehead atoms. The van der Waals surface area contributed by atoms with Crippen LogP contribution >= 0.6 is 15.9 Å². The van der Waals surface area contributed by atoms with Crippen LogP contribution in [-0.2, 0) is 0 Å². The van der Waals surface area contributed by atoms with Gasteiger partial charge in [-0.25, -0.2) is 0 Å². The van der Waals surface area contributed by atoms with Gasteiger partial charge in [-0.05, 0) is 31.2 Å². The zero-order valence-corrected chi connectivity index (χ0v) is 9.78. The first-order valence-electron chi connectivity index (χ1n) is 4.63. The molecule has 1 N–H and O–H groups in total. The van der Waals surface area contributed by atoms with Gasteiger partial charge in [0, 0.05) is 16.6 Å². The SMILES string of the molecule is CCNc1nc(-c2ccc(Br)cc2)no1. The van der Waals surface area contributed by atoms with Crippen molar-refractivity contribution in [2.24, 2.45) is 0 Å². The Labute approximate surface area is 95.8 Å². The molecule has 78 valence electrons. The fourth-order valence-corrected chi connectivity index (χ4v) is 1.43. The minimum absolute atomic E-state index is 0.454. The molecule has 0 aliphatic carbocycles. The molecule has 0 aliphatic heterocycles. The summed E-state index contributed by atoms with van der Waals surface area (Å²) >= 11 is 3.37. The van der Waals surface area contributed by atoms with Crippen molar-refractivity contribution in [3.63, 3.8) is 0 Å². The Morgan fingerprint density at radius 1 is 1.33 bits per heavy atom. The first-order chi connectivity index (χ1) is 7.29. The Balaban J connectivity index is 2.25. The largest absolute Gasteiger partial charge is 0.338 e. The zero-order valence-electron chi connectivity index (χ0n) is 8.20. The first-order valence-corrected chi connectivity index (χ1v) is 5.42. The summed E-state index contributed by atoms with van der Waals surface area (Å²) < 4.78 is 6.04. The Morgan fingerprint density at radius 2 is 2.07 bits per heavy atom. The molecule has 2 aromatic rings. The van der Waals surface area contributed by atoms with Crippen LogP contribution in [0.25, 0.3) is 11.4 Å². The summed E-state index contributed by atoms with van der Waals surface area (Å²) in [5.41, 5.74) is 0.936. The third-order valence-corrected chi connectivity index (χ3v) is 2.39. The van der Waals surface area contributed by atoms with Gasteiger partial charge >= 0.3 is 6.01 Å². The molecule has 4 nitrogen and oxygen atoms in total. The molecule has 2 rings (SSSR count). The number of nitrogens with zero attached hydrogens (tertiary/aromatic N) is 2. The predicted octanol–water partition coefficient (Wildman–Crippen LogP) is 2.93. The molecule has 0 atom stereocenters. The average molecular weight is 268 g/mol. The predicted molar refractivity (Wildman–Crippen MR) is 61.6 cm³/mol. The second-order valence-electron chi connectivity index (χ2n) is 2.96. The second kappa shape index (κ2) is 4.44. The molecule has 0 saturated carbocycles. The third-order valence-electron chi connectivity index (χ3n) is 1.86. The molecule has 1 aromatic carbocycles. The molecule has 5 heteroatoms. The van der Waals surface area contributed by atoms with Crippen LogP contribution in [0.2, 0.25) is 0 Å². The van der Waals surface area contributed by atoms with Gasteiger partial charge in [0.05, 0.1) is 0 Å². The van der Waals surface area contributed by atoms with Crippen LogP contribution < -0.4 is 5.32 Å². The van der Waals surface area contributed by atoms with Gasteiger partial charge in [0.2, 0.25) is 5.82 Å². The van der Waals surface area contributed by atoms with Crippen molar-refractivity contribution in [3.05, 3.63) is 28.7 Å². The normalized spacial score (nSPS) is 10.3. The summed E-state index contributed by atoms with van der Waals surface area (Å²) in [5, 5.41) is 6.83. The summed E-state index contributed by atoms with van der Waals surface area (Å²) in [5.74, 6) is 0.596. The maximum atomic E-state index is 5.01. The van der Waals surface area contributed by atoms with Gasteiger partial charge in [0.25, 0.3) is 0 Å². The van der Waals surface area contributed by atoms with E-state index in [1.165, 1.54) is 0 Å². The average Bonchev–Trinajstić information content (AvgIpc) is 2.68. The standard InChI is InChI=1S/C10H10BrN3O/c1-2-12-10-13-9(14-15-10)7-3-5-8(11)6-4-7/h3-6H,2H2,1H3,(H,12,13,14). The van der Waals surface area contributed by atoms with E-state index in [4.69, 9.17) is 4.52 Å². The molecule has 0 radical (unpaired) electrons. The highest BCUT2D eigenvalue weighted by atomic mass is 79.9. The summed E-state index contributed by atoms with van der Waals surface area (Å²) in [7, 11) is 0. The molecule has 0 spiro atoms. The number of rotatable bonds is 3. The Kier molecular flexibility index (Phi) is 3.01. The Hall–Kier alpha value is -1.36. The molecule has 0 saturated heterocycles. The molecule has 0 unspecified atom stereocenters. The van der Waals surface area contributed by atoms with Crippen molar-refractivity contribution in [1.29, 1.82) is 0 Å². The lowest BCUT2D eigenvalue weighted by Gasteiger charge is -1.93. The van der Waals surface area contributed by atoms with Gasteiger partial charge in [-0.1, -0.05) is 21.1 Å². The van der Waals surface area contributed by atoms with E-state index in [9.17, 15) is 0 Å². The number of nitrogens with one attached hydrogen (secondary N) is 1. The summed E-state index contributed by atoms with van der Waals surface area (Å²) in [4.78, 5) is 4.20. The molecular weight excluding hydrogens is 258 g/mol. The fourth-order valence-electron chi connectivity index (χ4n) is 1.16. The number of hydrogen-bond acceptors (Lipinski definition) is 4. The van der Waals surface area contributed by atoms with Gasteiger partial charge in [-0.2, -0.15) is 4.98 Å². The van der Waals surface area contributed by atoms with E-state index in [-0.39, 0.29) is 0 Å². The number of halogens is 1. The Morgan fingerprint density at radius 3 is 2.73 bits per heavy atom. The number of aromatic nitrogens is 2. The van der Waals surface area contributed by atoms with Crippen LogP contribution in [0.5, 0.6) is 0 Å². The van der Waals surface area contributed by atoms with E-state index in [1.807, 2.05) is 31.2 Å². The highest BCUT2D eigenvalue weighted by molar-refractivity contribution is 9.10. The number of hydrogen-bond donors (Lipinski definition) is 1. The van der Waals surface area contributed by atoms with E-state index >= 15 is 0 Å². The van der Waals surface area contributed by atoms with Crippen LogP contribution in [0.15, 0.2) is 33.3 Å². The van der Waals surface area contributed by atoms with Crippen LogP contribution in [0.3, 0.4) is 0 Å². The van der Waals surface area contributed by atoms with Gasteiger partial charge in [-0.3, -0.25) is 0 Å². The van der Waals surface area contributed by atoms with Crippen molar-refractivity contribution in [2.75, 3.05) is 11.9 Å². The monoisotopic (exact) mass is 267 g/mol. The highest BCUT2D eigenvalue weighted by Crippen LogP contribution is 2.19. The summed E-state index contributed by atoms with van der Waals surface area (Å²) in [6, 6.07) is 8.21. The molecular formula is C10H10BrN3O. The van der Waals surface area contributed by atoms with Crippen molar-refractivity contribution >= 4 is 21.9 Å².